The molecule has 0 fully saturated rings. The first-order valence-electron chi connectivity index (χ1n) is 19.2. The summed E-state index contributed by atoms with van der Waals surface area (Å²) in [6, 6.07) is 65.9. The minimum atomic E-state index is -0.0485. The Morgan fingerprint density at radius 2 is 1.00 bits per heavy atom. The Bertz CT molecular complexity index is 3100. The van der Waals surface area contributed by atoms with Crippen molar-refractivity contribution in [2.45, 2.75) is 19.3 Å². The van der Waals surface area contributed by atoms with E-state index in [9.17, 15) is 0 Å². The molecule has 0 spiro atoms. The van der Waals surface area contributed by atoms with Crippen LogP contribution in [0.25, 0.3) is 98.2 Å². The zero-order valence-corrected chi connectivity index (χ0v) is 31.9. The molecule has 0 bridgehead atoms. The van der Waals surface area contributed by atoms with Crippen LogP contribution < -0.4 is 0 Å². The van der Waals surface area contributed by atoms with E-state index in [-0.39, 0.29) is 5.41 Å². The molecule has 2 nitrogen and oxygen atoms in total. The van der Waals surface area contributed by atoms with Crippen molar-refractivity contribution in [3.05, 3.63) is 193 Å². The zero-order chi connectivity index (χ0) is 37.4. The fraction of sp³-hybridized carbons (Fsp3) is 0.0566. The quantitative estimate of drug-likeness (QED) is 0.176. The van der Waals surface area contributed by atoms with Gasteiger partial charge in [-0.15, -0.1) is 11.3 Å². The maximum absolute atomic E-state index is 5.39. The maximum Gasteiger partial charge on any atom is 0.161 e. The smallest absolute Gasteiger partial charge is 0.161 e. The van der Waals surface area contributed by atoms with Gasteiger partial charge in [0.25, 0.3) is 0 Å². The first kappa shape index (κ1) is 32.7. The van der Waals surface area contributed by atoms with Crippen molar-refractivity contribution in [2.75, 3.05) is 0 Å². The number of rotatable bonds is 5. The van der Waals surface area contributed by atoms with Crippen LogP contribution in [0.4, 0.5) is 0 Å². The van der Waals surface area contributed by atoms with Gasteiger partial charge in [-0.3, -0.25) is 0 Å². The highest BCUT2D eigenvalue weighted by molar-refractivity contribution is 7.26. The first-order valence-corrected chi connectivity index (χ1v) is 20.0. The van der Waals surface area contributed by atoms with Gasteiger partial charge >= 0.3 is 0 Å². The third kappa shape index (κ3) is 5.23. The summed E-state index contributed by atoms with van der Waals surface area (Å²) in [6.45, 7) is 4.70. The van der Waals surface area contributed by atoms with Gasteiger partial charge in [-0.1, -0.05) is 159 Å². The highest BCUT2D eigenvalue weighted by Crippen LogP contribution is 2.50. The van der Waals surface area contributed by atoms with E-state index in [1.165, 1.54) is 64.3 Å². The number of hydrogen-bond donors (Lipinski definition) is 0. The highest BCUT2D eigenvalue weighted by Gasteiger charge is 2.35. The highest BCUT2D eigenvalue weighted by atomic mass is 32.1. The van der Waals surface area contributed by atoms with Gasteiger partial charge in [0.15, 0.2) is 5.82 Å². The molecule has 8 aromatic carbocycles. The first-order chi connectivity index (χ1) is 27.5. The lowest BCUT2D eigenvalue weighted by atomic mass is 9.81. The van der Waals surface area contributed by atoms with Crippen molar-refractivity contribution in [1.29, 1.82) is 0 Å². The van der Waals surface area contributed by atoms with E-state index < -0.39 is 0 Å². The van der Waals surface area contributed by atoms with Gasteiger partial charge in [0.1, 0.15) is 0 Å². The number of aromatic nitrogens is 2. The van der Waals surface area contributed by atoms with Crippen LogP contribution in [0.15, 0.2) is 182 Å². The van der Waals surface area contributed by atoms with Crippen molar-refractivity contribution in [3.8, 4) is 67.3 Å². The standard InChI is InChI=1S/C53H36N2S/c1-53(2)44-19-11-9-17-41(44)42-26-25-37(31-45(42)53)36-23-21-33-22-24-38(30-39(33)29-36)40-27-28-49-50(43-18-10-12-20-48(43)56-49)51(40)52-54-46(34-13-5-3-6-14-34)32-47(55-52)35-15-7-4-8-16-35/h3-32H,1-2H3. The lowest BCUT2D eigenvalue weighted by Gasteiger charge is -2.22. The molecule has 0 saturated heterocycles. The van der Waals surface area contributed by atoms with E-state index in [1.807, 2.05) is 11.3 Å². The molecule has 0 aliphatic heterocycles. The van der Waals surface area contributed by atoms with E-state index in [0.717, 1.165) is 45.0 Å². The van der Waals surface area contributed by atoms with Crippen molar-refractivity contribution in [3.63, 3.8) is 0 Å². The fourth-order valence-electron chi connectivity index (χ4n) is 8.84. The molecule has 0 unspecified atom stereocenters. The second-order valence-corrected chi connectivity index (χ2v) is 16.4. The Morgan fingerprint density at radius 1 is 0.411 bits per heavy atom. The predicted molar refractivity (Wildman–Crippen MR) is 237 cm³/mol. The van der Waals surface area contributed by atoms with Crippen LogP contribution in [0.5, 0.6) is 0 Å². The number of hydrogen-bond acceptors (Lipinski definition) is 3. The van der Waals surface area contributed by atoms with Gasteiger partial charge in [-0.2, -0.15) is 0 Å². The molecule has 1 aliphatic carbocycles. The predicted octanol–water partition coefficient (Wildman–Crippen LogP) is 14.6. The average Bonchev–Trinajstić information content (AvgIpc) is 3.75. The average molecular weight is 733 g/mol. The van der Waals surface area contributed by atoms with E-state index in [1.54, 1.807) is 0 Å². The summed E-state index contributed by atoms with van der Waals surface area (Å²) >= 11 is 1.83. The van der Waals surface area contributed by atoms with Crippen molar-refractivity contribution >= 4 is 42.3 Å². The molecule has 11 rings (SSSR count). The van der Waals surface area contributed by atoms with E-state index in [0.29, 0.717) is 0 Å². The second kappa shape index (κ2) is 12.7. The topological polar surface area (TPSA) is 25.8 Å². The summed E-state index contributed by atoms with van der Waals surface area (Å²) in [5, 5.41) is 4.84. The molecule has 2 aromatic heterocycles. The number of benzene rings is 8. The summed E-state index contributed by atoms with van der Waals surface area (Å²) in [5.41, 5.74) is 15.1. The van der Waals surface area contributed by atoms with Crippen LogP contribution in [0.3, 0.4) is 0 Å². The summed E-state index contributed by atoms with van der Waals surface area (Å²) in [5.74, 6) is 0.727. The molecule has 0 atom stereocenters. The molecule has 56 heavy (non-hydrogen) atoms. The second-order valence-electron chi connectivity index (χ2n) is 15.4. The van der Waals surface area contributed by atoms with E-state index >= 15 is 0 Å². The van der Waals surface area contributed by atoms with Gasteiger partial charge in [-0.25, -0.2) is 9.97 Å². The Balaban J connectivity index is 1.11. The van der Waals surface area contributed by atoms with Gasteiger partial charge in [0, 0.05) is 42.3 Å². The van der Waals surface area contributed by atoms with Crippen LogP contribution in [-0.4, -0.2) is 9.97 Å². The van der Waals surface area contributed by atoms with Crippen molar-refractivity contribution < 1.29 is 0 Å². The Labute approximate surface area is 330 Å². The molecular weight excluding hydrogens is 697 g/mol. The molecule has 3 heteroatoms. The van der Waals surface area contributed by atoms with Crippen LogP contribution in [0, 0.1) is 0 Å². The van der Waals surface area contributed by atoms with Crippen LogP contribution >= 0.6 is 11.3 Å². The van der Waals surface area contributed by atoms with Crippen LogP contribution in [-0.2, 0) is 5.41 Å². The largest absolute Gasteiger partial charge is 0.228 e. The SMILES string of the molecule is CC1(C)c2ccccc2-c2ccc(-c3ccc4ccc(-c5ccc6sc7ccccc7c6c5-c5nc(-c6ccccc6)cc(-c6ccccc6)n5)cc4c3)cc21. The molecule has 0 N–H and O–H groups in total. The lowest BCUT2D eigenvalue weighted by Crippen LogP contribution is -2.14. The molecule has 2 heterocycles. The van der Waals surface area contributed by atoms with Crippen LogP contribution in [0.1, 0.15) is 25.0 Å². The van der Waals surface area contributed by atoms with Crippen molar-refractivity contribution in [1.82, 2.24) is 9.97 Å². The molecular formula is C53H36N2S. The third-order valence-electron chi connectivity index (χ3n) is 11.7. The fourth-order valence-corrected chi connectivity index (χ4v) is 9.95. The minimum Gasteiger partial charge on any atom is -0.228 e. The summed E-state index contributed by atoms with van der Waals surface area (Å²) in [7, 11) is 0. The zero-order valence-electron chi connectivity index (χ0n) is 31.1. The molecule has 0 saturated carbocycles. The lowest BCUT2D eigenvalue weighted by molar-refractivity contribution is 0.660. The summed E-state index contributed by atoms with van der Waals surface area (Å²) in [6.07, 6.45) is 0. The minimum absolute atomic E-state index is 0.0485. The monoisotopic (exact) mass is 732 g/mol. The maximum atomic E-state index is 5.39. The summed E-state index contributed by atoms with van der Waals surface area (Å²) < 4.78 is 2.48. The van der Waals surface area contributed by atoms with Gasteiger partial charge in [0.05, 0.1) is 11.4 Å². The normalized spacial score (nSPS) is 13.0. The van der Waals surface area contributed by atoms with E-state index in [2.05, 4.69) is 196 Å². The summed E-state index contributed by atoms with van der Waals surface area (Å²) in [4.78, 5) is 10.8. The molecule has 0 radical (unpaired) electrons. The third-order valence-corrected chi connectivity index (χ3v) is 12.8. The molecule has 10 aromatic rings. The Hall–Kier alpha value is -6.68. The number of thiophene rings is 1. The van der Waals surface area contributed by atoms with Crippen molar-refractivity contribution in [2.24, 2.45) is 0 Å². The van der Waals surface area contributed by atoms with E-state index in [4.69, 9.17) is 9.97 Å². The Kier molecular flexibility index (Phi) is 7.42. The number of nitrogens with zero attached hydrogens (tertiary/aromatic N) is 2. The molecule has 264 valence electrons. The molecule has 1 aliphatic rings. The van der Waals surface area contributed by atoms with Gasteiger partial charge < -0.3 is 0 Å². The van der Waals surface area contributed by atoms with Crippen LogP contribution in [0.2, 0.25) is 0 Å². The van der Waals surface area contributed by atoms with Gasteiger partial charge in [-0.05, 0) is 91.7 Å². The molecule has 0 amide bonds. The van der Waals surface area contributed by atoms with Gasteiger partial charge in [0.2, 0.25) is 0 Å². The number of fused-ring (bicyclic) bond motifs is 7. The Morgan fingerprint density at radius 3 is 1.77 bits per heavy atom.